The molecule has 0 aliphatic heterocycles. The Bertz CT molecular complexity index is 2500. The van der Waals surface area contributed by atoms with Crippen LogP contribution in [-0.2, 0) is 0 Å². The molecule has 0 unspecified atom stereocenters. The number of aromatic nitrogens is 1. The van der Waals surface area contributed by atoms with Gasteiger partial charge in [0.05, 0.1) is 11.0 Å². The quantitative estimate of drug-likeness (QED) is 0.162. The first kappa shape index (κ1) is 30.2. The number of hydrogen-bond donors (Lipinski definition) is 0. The highest BCUT2D eigenvalue weighted by atomic mass is 15.2. The Balaban J connectivity index is 1.09. The Hall–Kier alpha value is -6.84. The average molecular weight is 654 g/mol. The van der Waals surface area contributed by atoms with Crippen molar-refractivity contribution in [3.63, 3.8) is 0 Å². The van der Waals surface area contributed by atoms with Crippen molar-refractivity contribution < 1.29 is 0 Å². The van der Waals surface area contributed by atoms with Gasteiger partial charge in [0.25, 0.3) is 0 Å². The third kappa shape index (κ3) is 5.71. The fraction of sp³-hybridized carbons (Fsp3) is 0. The molecule has 3 heteroatoms. The Labute approximate surface area is 298 Å². The Kier molecular flexibility index (Phi) is 7.84. The molecule has 0 N–H and O–H groups in total. The predicted molar refractivity (Wildman–Crippen MR) is 216 cm³/mol. The molecule has 0 aliphatic carbocycles. The van der Waals surface area contributed by atoms with Gasteiger partial charge in [0, 0.05) is 50.6 Å². The lowest BCUT2D eigenvalue weighted by Gasteiger charge is -2.28. The summed E-state index contributed by atoms with van der Waals surface area (Å²) in [5.74, 6) is 0. The molecular weight excluding hydrogens is 619 g/mol. The van der Waals surface area contributed by atoms with Gasteiger partial charge >= 0.3 is 0 Å². The van der Waals surface area contributed by atoms with Crippen LogP contribution in [0.25, 0.3) is 38.6 Å². The Morgan fingerprint density at radius 2 is 0.647 bits per heavy atom. The van der Waals surface area contributed by atoms with Crippen LogP contribution < -0.4 is 9.80 Å². The van der Waals surface area contributed by atoms with Crippen LogP contribution in [0.4, 0.5) is 34.1 Å². The zero-order valence-electron chi connectivity index (χ0n) is 28.0. The summed E-state index contributed by atoms with van der Waals surface area (Å²) in [6.07, 6.45) is 0. The van der Waals surface area contributed by atoms with Crippen molar-refractivity contribution in [2.24, 2.45) is 0 Å². The molecule has 0 radical (unpaired) electrons. The second-order valence-electron chi connectivity index (χ2n) is 12.7. The molecule has 0 atom stereocenters. The standard InChI is InChI=1S/C48H35N3/c1-5-15-38(16-6-1)49(39-17-7-2-8-18-39)43-30-32-44(33-31-43)50(40-19-9-3-10-20-40)42-28-25-36(26-29-42)37-27-34-46-45-23-13-14-24-47(45)51(48(46)35-37)41-21-11-4-12-22-41/h1-35H. The SMILES string of the molecule is c1ccc(N(c2ccccc2)c2ccc(N(c3ccccc3)c3ccc(-c4ccc5c6ccccc6n(-c6ccccc6)c5c4)cc3)cc2)cc1. The minimum absolute atomic E-state index is 1.09. The van der Waals surface area contributed by atoms with Gasteiger partial charge in [0.15, 0.2) is 0 Å². The summed E-state index contributed by atoms with van der Waals surface area (Å²) >= 11 is 0. The maximum Gasteiger partial charge on any atom is 0.0547 e. The van der Waals surface area contributed by atoms with Gasteiger partial charge in [-0.3, -0.25) is 0 Å². The summed E-state index contributed by atoms with van der Waals surface area (Å²) in [5.41, 5.74) is 12.6. The van der Waals surface area contributed by atoms with E-state index >= 15 is 0 Å². The predicted octanol–water partition coefficient (Wildman–Crippen LogP) is 13.4. The maximum atomic E-state index is 2.38. The van der Waals surface area contributed by atoms with E-state index in [4.69, 9.17) is 0 Å². The van der Waals surface area contributed by atoms with Crippen molar-refractivity contribution in [3.8, 4) is 16.8 Å². The van der Waals surface area contributed by atoms with Crippen LogP contribution >= 0.6 is 0 Å². The first-order chi connectivity index (χ1) is 25.3. The summed E-state index contributed by atoms with van der Waals surface area (Å²) in [4.78, 5) is 4.61. The number of nitrogens with zero attached hydrogens (tertiary/aromatic N) is 3. The summed E-state index contributed by atoms with van der Waals surface area (Å²) in [7, 11) is 0. The Morgan fingerprint density at radius 3 is 1.16 bits per heavy atom. The molecule has 3 nitrogen and oxygen atoms in total. The molecule has 0 bridgehead atoms. The zero-order valence-corrected chi connectivity index (χ0v) is 28.0. The fourth-order valence-electron chi connectivity index (χ4n) is 7.18. The number of benzene rings is 8. The van der Waals surface area contributed by atoms with Crippen LogP contribution in [0.2, 0.25) is 0 Å². The van der Waals surface area contributed by atoms with E-state index in [1.54, 1.807) is 0 Å². The van der Waals surface area contributed by atoms with E-state index in [9.17, 15) is 0 Å². The third-order valence-corrected chi connectivity index (χ3v) is 9.56. The third-order valence-electron chi connectivity index (χ3n) is 9.56. The molecule has 0 saturated carbocycles. The fourth-order valence-corrected chi connectivity index (χ4v) is 7.18. The Morgan fingerprint density at radius 1 is 0.275 bits per heavy atom. The van der Waals surface area contributed by atoms with Crippen molar-refractivity contribution in [1.82, 2.24) is 4.57 Å². The molecule has 0 saturated heterocycles. The second-order valence-corrected chi connectivity index (χ2v) is 12.7. The van der Waals surface area contributed by atoms with Gasteiger partial charge in [-0.25, -0.2) is 0 Å². The molecule has 0 amide bonds. The van der Waals surface area contributed by atoms with E-state index in [0.29, 0.717) is 0 Å². The topological polar surface area (TPSA) is 11.4 Å². The molecule has 8 aromatic carbocycles. The van der Waals surface area contributed by atoms with E-state index < -0.39 is 0 Å². The van der Waals surface area contributed by atoms with Gasteiger partial charge in [0.2, 0.25) is 0 Å². The minimum Gasteiger partial charge on any atom is -0.311 e. The normalized spacial score (nSPS) is 11.1. The van der Waals surface area contributed by atoms with Crippen molar-refractivity contribution in [2.75, 3.05) is 9.80 Å². The van der Waals surface area contributed by atoms with Gasteiger partial charge < -0.3 is 14.4 Å². The lowest BCUT2D eigenvalue weighted by atomic mass is 10.0. The van der Waals surface area contributed by atoms with Gasteiger partial charge in [-0.1, -0.05) is 115 Å². The minimum atomic E-state index is 1.09. The number of anilines is 6. The molecule has 51 heavy (non-hydrogen) atoms. The first-order valence-electron chi connectivity index (χ1n) is 17.4. The van der Waals surface area contributed by atoms with Crippen LogP contribution in [0.1, 0.15) is 0 Å². The second kappa shape index (κ2) is 13.2. The van der Waals surface area contributed by atoms with Crippen molar-refractivity contribution >= 4 is 55.9 Å². The molecule has 9 rings (SSSR count). The van der Waals surface area contributed by atoms with Crippen LogP contribution in [0, 0.1) is 0 Å². The number of para-hydroxylation sites is 5. The zero-order chi connectivity index (χ0) is 34.0. The van der Waals surface area contributed by atoms with Gasteiger partial charge in [-0.2, -0.15) is 0 Å². The first-order valence-corrected chi connectivity index (χ1v) is 17.4. The highest BCUT2D eigenvalue weighted by Gasteiger charge is 2.17. The molecule has 1 aromatic heterocycles. The number of fused-ring (bicyclic) bond motifs is 3. The van der Waals surface area contributed by atoms with E-state index in [0.717, 1.165) is 39.8 Å². The average Bonchev–Trinajstić information content (AvgIpc) is 3.54. The molecule has 242 valence electrons. The maximum absolute atomic E-state index is 2.38. The summed E-state index contributed by atoms with van der Waals surface area (Å²) < 4.78 is 2.38. The molecule has 0 spiro atoms. The van der Waals surface area contributed by atoms with Gasteiger partial charge in [-0.15, -0.1) is 0 Å². The molecule has 0 aliphatic rings. The summed E-state index contributed by atoms with van der Waals surface area (Å²) in [5, 5.41) is 2.52. The van der Waals surface area contributed by atoms with Crippen molar-refractivity contribution in [3.05, 3.63) is 212 Å². The lowest BCUT2D eigenvalue weighted by Crippen LogP contribution is -2.12. The molecule has 9 aromatic rings. The lowest BCUT2D eigenvalue weighted by molar-refractivity contribution is 1.18. The number of rotatable bonds is 8. The van der Waals surface area contributed by atoms with Crippen LogP contribution in [0.15, 0.2) is 212 Å². The number of hydrogen-bond acceptors (Lipinski definition) is 2. The van der Waals surface area contributed by atoms with Crippen LogP contribution in [0.5, 0.6) is 0 Å². The largest absolute Gasteiger partial charge is 0.311 e. The van der Waals surface area contributed by atoms with E-state index in [2.05, 4.69) is 227 Å². The van der Waals surface area contributed by atoms with E-state index in [-0.39, 0.29) is 0 Å². The molecule has 1 heterocycles. The molecule has 0 fully saturated rings. The van der Waals surface area contributed by atoms with Crippen LogP contribution in [-0.4, -0.2) is 4.57 Å². The van der Waals surface area contributed by atoms with Gasteiger partial charge in [0.1, 0.15) is 0 Å². The highest BCUT2D eigenvalue weighted by Crippen LogP contribution is 2.40. The van der Waals surface area contributed by atoms with E-state index in [1.165, 1.54) is 32.9 Å². The van der Waals surface area contributed by atoms with Crippen molar-refractivity contribution in [1.29, 1.82) is 0 Å². The monoisotopic (exact) mass is 653 g/mol. The van der Waals surface area contributed by atoms with Gasteiger partial charge in [-0.05, 0) is 108 Å². The molecular formula is C48H35N3. The van der Waals surface area contributed by atoms with Crippen LogP contribution in [0.3, 0.4) is 0 Å². The summed E-state index contributed by atoms with van der Waals surface area (Å²) in [6, 6.07) is 75.6. The highest BCUT2D eigenvalue weighted by molar-refractivity contribution is 6.10. The van der Waals surface area contributed by atoms with Crippen molar-refractivity contribution in [2.45, 2.75) is 0 Å². The van der Waals surface area contributed by atoms with E-state index in [1.807, 2.05) is 0 Å². The smallest absolute Gasteiger partial charge is 0.0547 e. The summed E-state index contributed by atoms with van der Waals surface area (Å²) in [6.45, 7) is 0.